The first kappa shape index (κ1) is 20.2. The molecule has 0 aliphatic carbocycles. The summed E-state index contributed by atoms with van der Waals surface area (Å²) in [7, 11) is -2.91. The largest absolute Gasteiger partial charge is 0.129 e. The molecule has 3 heteroatoms. The molecule has 0 bridgehead atoms. The number of benzene rings is 4. The maximum atomic E-state index is 3.79. The van der Waals surface area contributed by atoms with E-state index in [1.54, 1.807) is 0 Å². The van der Waals surface area contributed by atoms with Crippen LogP contribution in [0.2, 0.25) is 39.3 Å². The molecular formula is C26H25BrSi2. The highest BCUT2D eigenvalue weighted by atomic mass is 79.9. The van der Waals surface area contributed by atoms with E-state index in [4.69, 9.17) is 0 Å². The van der Waals surface area contributed by atoms with Crippen molar-refractivity contribution in [3.63, 3.8) is 0 Å². The van der Waals surface area contributed by atoms with Crippen LogP contribution < -0.4 is 0 Å². The predicted octanol–water partition coefficient (Wildman–Crippen LogP) is 7.80. The Morgan fingerprint density at radius 3 is 1.86 bits per heavy atom. The molecular weight excluding hydrogens is 448 g/mol. The van der Waals surface area contributed by atoms with Crippen molar-refractivity contribution in [1.29, 1.82) is 0 Å². The average Bonchev–Trinajstić information content (AvgIpc) is 2.63. The lowest BCUT2D eigenvalue weighted by Crippen LogP contribution is -2.16. The molecule has 0 N–H and O–H groups in total. The van der Waals surface area contributed by atoms with Crippen molar-refractivity contribution in [3.8, 4) is 22.9 Å². The third-order valence-corrected chi connectivity index (χ3v) is 7.29. The van der Waals surface area contributed by atoms with Gasteiger partial charge in [0.1, 0.15) is 16.1 Å². The first-order chi connectivity index (χ1) is 13.5. The maximum absolute atomic E-state index is 3.79. The van der Waals surface area contributed by atoms with Gasteiger partial charge in [-0.2, -0.15) is 0 Å². The van der Waals surface area contributed by atoms with Crippen LogP contribution in [0.1, 0.15) is 11.1 Å². The minimum absolute atomic E-state index is 1.11. The normalized spacial score (nSPS) is 12.1. The lowest BCUT2D eigenvalue weighted by Gasteiger charge is -2.15. The molecule has 144 valence electrons. The second kappa shape index (κ2) is 7.03. The van der Waals surface area contributed by atoms with Crippen molar-refractivity contribution in [2.75, 3.05) is 0 Å². The molecule has 0 aliphatic heterocycles. The Balaban J connectivity index is 2.16. The Morgan fingerprint density at radius 2 is 1.24 bits per heavy atom. The van der Waals surface area contributed by atoms with Gasteiger partial charge in [-0.1, -0.05) is 91.3 Å². The second-order valence-electron chi connectivity index (χ2n) is 9.77. The third kappa shape index (κ3) is 4.01. The molecule has 0 fully saturated rings. The Labute approximate surface area is 184 Å². The number of hydrogen-bond acceptors (Lipinski definition) is 0. The molecule has 0 saturated carbocycles. The molecule has 0 heterocycles. The zero-order valence-electron chi connectivity index (χ0n) is 17.9. The quantitative estimate of drug-likeness (QED) is 0.139. The molecule has 0 atom stereocenters. The molecule has 4 rings (SSSR count). The molecule has 0 amide bonds. The van der Waals surface area contributed by atoms with E-state index in [1.807, 2.05) is 0 Å². The lowest BCUT2D eigenvalue weighted by atomic mass is 9.89. The van der Waals surface area contributed by atoms with E-state index in [0.717, 1.165) is 15.6 Å². The fraction of sp³-hybridized carbons (Fsp3) is 0.231. The van der Waals surface area contributed by atoms with Gasteiger partial charge in [-0.25, -0.2) is 0 Å². The number of hydrogen-bond donors (Lipinski definition) is 0. The third-order valence-electron chi connectivity index (χ3n) is 4.85. The van der Waals surface area contributed by atoms with Gasteiger partial charge < -0.3 is 0 Å². The summed E-state index contributed by atoms with van der Waals surface area (Å²) in [5.41, 5.74) is 9.36. The number of halogens is 1. The zero-order chi connectivity index (χ0) is 21.0. The van der Waals surface area contributed by atoms with Crippen LogP contribution in [-0.4, -0.2) is 16.1 Å². The molecule has 0 unspecified atom stereocenters. The summed E-state index contributed by atoms with van der Waals surface area (Å²) in [6.45, 7) is 13.7. The van der Waals surface area contributed by atoms with Crippen LogP contribution in [0.3, 0.4) is 0 Å². The molecule has 0 aliphatic rings. The minimum atomic E-state index is -1.46. The smallest absolute Gasteiger partial charge is 0.127 e. The number of rotatable bonds is 0. The highest BCUT2D eigenvalue weighted by molar-refractivity contribution is 9.10. The van der Waals surface area contributed by atoms with Crippen molar-refractivity contribution in [3.05, 3.63) is 58.1 Å². The molecule has 0 nitrogen and oxygen atoms in total. The van der Waals surface area contributed by atoms with Gasteiger partial charge in [0, 0.05) is 15.6 Å². The highest BCUT2D eigenvalue weighted by Gasteiger charge is 2.16. The van der Waals surface area contributed by atoms with E-state index in [-0.39, 0.29) is 0 Å². The van der Waals surface area contributed by atoms with E-state index in [1.165, 1.54) is 32.3 Å². The van der Waals surface area contributed by atoms with Gasteiger partial charge in [-0.05, 0) is 50.5 Å². The van der Waals surface area contributed by atoms with Crippen LogP contribution in [0, 0.1) is 22.9 Å². The zero-order valence-corrected chi connectivity index (χ0v) is 21.5. The first-order valence-corrected chi connectivity index (χ1v) is 17.8. The lowest BCUT2D eigenvalue weighted by molar-refractivity contribution is 1.70. The molecule has 0 radical (unpaired) electrons. The fourth-order valence-corrected chi connectivity index (χ4v) is 5.06. The van der Waals surface area contributed by atoms with Gasteiger partial charge in [0.05, 0.1) is 0 Å². The van der Waals surface area contributed by atoms with Crippen LogP contribution in [0.25, 0.3) is 32.3 Å². The van der Waals surface area contributed by atoms with E-state index in [9.17, 15) is 0 Å². The highest BCUT2D eigenvalue weighted by Crippen LogP contribution is 2.40. The van der Waals surface area contributed by atoms with Crippen LogP contribution in [0.4, 0.5) is 0 Å². The van der Waals surface area contributed by atoms with E-state index in [2.05, 4.69) is 121 Å². The van der Waals surface area contributed by atoms with Gasteiger partial charge in [0.2, 0.25) is 0 Å². The Morgan fingerprint density at radius 1 is 0.655 bits per heavy atom. The van der Waals surface area contributed by atoms with Crippen molar-refractivity contribution in [1.82, 2.24) is 0 Å². The van der Waals surface area contributed by atoms with E-state index in [0.29, 0.717) is 0 Å². The summed E-state index contributed by atoms with van der Waals surface area (Å²) in [6, 6.07) is 15.4. The summed E-state index contributed by atoms with van der Waals surface area (Å²) in [6.07, 6.45) is 0. The van der Waals surface area contributed by atoms with Crippen molar-refractivity contribution in [2.45, 2.75) is 39.3 Å². The van der Waals surface area contributed by atoms with Gasteiger partial charge in [-0.3, -0.25) is 0 Å². The topological polar surface area (TPSA) is 0 Å². The standard InChI is InChI=1S/C26H25BrSi2/c1-28(2,3)14-12-18-16-20-8-7-9-21-19(13-15-29(4,5)6)17-23-24(27)11-10-22(18)26(23)25(20)21/h7-11,16-17H,1-6H3. The minimum Gasteiger partial charge on any atom is -0.127 e. The average molecular weight is 474 g/mol. The van der Waals surface area contributed by atoms with Crippen molar-refractivity contribution < 1.29 is 0 Å². The molecule has 0 aromatic heterocycles. The van der Waals surface area contributed by atoms with Gasteiger partial charge in [-0.15, -0.1) is 11.1 Å². The van der Waals surface area contributed by atoms with Crippen molar-refractivity contribution in [2.24, 2.45) is 0 Å². The van der Waals surface area contributed by atoms with Crippen LogP contribution in [-0.2, 0) is 0 Å². The fourth-order valence-electron chi connectivity index (χ4n) is 3.59. The summed E-state index contributed by atoms with van der Waals surface area (Å²) in [5.74, 6) is 7.04. The van der Waals surface area contributed by atoms with E-state index < -0.39 is 16.1 Å². The van der Waals surface area contributed by atoms with Crippen LogP contribution >= 0.6 is 15.9 Å². The summed E-state index contributed by atoms with van der Waals surface area (Å²) in [4.78, 5) is 0. The molecule has 0 spiro atoms. The predicted molar refractivity (Wildman–Crippen MR) is 138 cm³/mol. The first-order valence-electron chi connectivity index (χ1n) is 10.00. The molecule has 4 aromatic carbocycles. The van der Waals surface area contributed by atoms with Gasteiger partial charge >= 0.3 is 0 Å². The Kier molecular flexibility index (Phi) is 4.90. The van der Waals surface area contributed by atoms with Gasteiger partial charge in [0.15, 0.2) is 0 Å². The molecule has 4 aromatic rings. The summed E-state index contributed by atoms with van der Waals surface area (Å²) >= 11 is 3.79. The molecule has 0 saturated heterocycles. The Bertz CT molecular complexity index is 1380. The molecule has 29 heavy (non-hydrogen) atoms. The Hall–Kier alpha value is -2.05. The summed E-state index contributed by atoms with van der Waals surface area (Å²) in [5, 5.41) is 7.55. The van der Waals surface area contributed by atoms with Crippen molar-refractivity contribution >= 4 is 64.4 Å². The second-order valence-corrected chi connectivity index (χ2v) is 20.1. The monoisotopic (exact) mass is 472 g/mol. The van der Waals surface area contributed by atoms with E-state index >= 15 is 0 Å². The van der Waals surface area contributed by atoms with Crippen LogP contribution in [0.5, 0.6) is 0 Å². The maximum Gasteiger partial charge on any atom is 0.129 e. The van der Waals surface area contributed by atoms with Crippen LogP contribution in [0.15, 0.2) is 46.9 Å². The van der Waals surface area contributed by atoms with Gasteiger partial charge in [0.25, 0.3) is 0 Å². The SMILES string of the molecule is C[Si](C)(C)C#Cc1cc2c(Br)ccc3c(C#C[Si](C)(C)C)cc4cccc1c4c23. The summed E-state index contributed by atoms with van der Waals surface area (Å²) < 4.78 is 1.11.